The molecule has 0 aliphatic carbocycles. The quantitative estimate of drug-likeness (QED) is 0.775. The van der Waals surface area contributed by atoms with Crippen LogP contribution in [0.3, 0.4) is 0 Å². The number of thioether (sulfide) groups is 1. The first-order valence-electron chi connectivity index (χ1n) is 9.19. The molecule has 2 aromatic rings. The van der Waals surface area contributed by atoms with E-state index in [1.54, 1.807) is 18.0 Å². The highest BCUT2D eigenvalue weighted by Gasteiger charge is 2.45. The number of hydrogen-bond donors (Lipinski definition) is 1. The van der Waals surface area contributed by atoms with E-state index in [4.69, 9.17) is 21.3 Å². The number of aromatic hydroxyl groups is 1. The molecule has 1 aromatic heterocycles. The number of benzene rings is 1. The summed E-state index contributed by atoms with van der Waals surface area (Å²) in [5, 5.41) is 11.6. The smallest absolute Gasteiger partial charge is 0.176 e. The van der Waals surface area contributed by atoms with Crippen molar-refractivity contribution in [3.63, 3.8) is 0 Å². The van der Waals surface area contributed by atoms with Gasteiger partial charge in [0.15, 0.2) is 16.7 Å². The molecule has 142 valence electrons. The van der Waals surface area contributed by atoms with Crippen LogP contribution in [0.15, 0.2) is 41.5 Å². The Bertz CT molecular complexity index is 862. The van der Waals surface area contributed by atoms with E-state index in [0.29, 0.717) is 23.4 Å². The zero-order chi connectivity index (χ0) is 19.0. The number of aliphatic imine (C=N–C) groups is 1. The van der Waals surface area contributed by atoms with E-state index in [1.165, 1.54) is 0 Å². The lowest BCUT2D eigenvalue weighted by molar-refractivity contribution is 0.253. The predicted molar refractivity (Wildman–Crippen MR) is 110 cm³/mol. The van der Waals surface area contributed by atoms with Gasteiger partial charge in [0.1, 0.15) is 6.04 Å². The van der Waals surface area contributed by atoms with E-state index < -0.39 is 0 Å². The molecule has 0 bridgehead atoms. The molecule has 2 aliphatic heterocycles. The van der Waals surface area contributed by atoms with Crippen molar-refractivity contribution in [2.45, 2.75) is 38.4 Å². The molecule has 7 heteroatoms. The average molecular weight is 404 g/mol. The van der Waals surface area contributed by atoms with Gasteiger partial charge in [-0.25, -0.2) is 0 Å². The minimum atomic E-state index is -0.113. The van der Waals surface area contributed by atoms with Gasteiger partial charge in [-0.3, -0.25) is 9.98 Å². The molecule has 0 saturated carbocycles. The van der Waals surface area contributed by atoms with E-state index in [0.717, 1.165) is 28.6 Å². The summed E-state index contributed by atoms with van der Waals surface area (Å²) in [6, 6.07) is 9.91. The lowest BCUT2D eigenvalue weighted by Gasteiger charge is -2.32. The largest absolute Gasteiger partial charge is 0.503 e. The van der Waals surface area contributed by atoms with Crippen molar-refractivity contribution in [1.82, 2.24) is 9.88 Å². The third kappa shape index (κ3) is 3.25. The maximum absolute atomic E-state index is 10.2. The first-order chi connectivity index (χ1) is 13.1. The molecule has 1 fully saturated rings. The number of pyridine rings is 1. The molecular formula is C20H22ClN3O2S. The summed E-state index contributed by atoms with van der Waals surface area (Å²) in [6.45, 7) is 4.55. The number of hydrogen-bond acceptors (Lipinski definition) is 6. The topological polar surface area (TPSA) is 58.0 Å². The highest BCUT2D eigenvalue weighted by molar-refractivity contribution is 8.14. The van der Waals surface area contributed by atoms with Crippen molar-refractivity contribution >= 4 is 28.5 Å². The summed E-state index contributed by atoms with van der Waals surface area (Å²) in [5.41, 5.74) is 1.92. The van der Waals surface area contributed by atoms with Crippen LogP contribution < -0.4 is 4.74 Å². The molecule has 27 heavy (non-hydrogen) atoms. The summed E-state index contributed by atoms with van der Waals surface area (Å²) in [4.78, 5) is 11.9. The third-order valence-electron chi connectivity index (χ3n) is 5.02. The Morgan fingerprint density at radius 3 is 2.89 bits per heavy atom. The molecule has 1 saturated heterocycles. The maximum Gasteiger partial charge on any atom is 0.176 e. The van der Waals surface area contributed by atoms with Gasteiger partial charge < -0.3 is 14.7 Å². The van der Waals surface area contributed by atoms with E-state index >= 15 is 0 Å². The van der Waals surface area contributed by atoms with Gasteiger partial charge in [-0.2, -0.15) is 0 Å². The van der Waals surface area contributed by atoms with Crippen LogP contribution in [-0.2, 0) is 0 Å². The second-order valence-corrected chi connectivity index (χ2v) is 8.01. The van der Waals surface area contributed by atoms with E-state index in [1.807, 2.05) is 37.3 Å². The molecule has 5 nitrogen and oxygen atoms in total. The highest BCUT2D eigenvalue weighted by atomic mass is 35.5. The first kappa shape index (κ1) is 18.4. The third-order valence-corrected chi connectivity index (χ3v) is 6.44. The van der Waals surface area contributed by atoms with Crippen LogP contribution in [0.5, 0.6) is 11.5 Å². The summed E-state index contributed by atoms with van der Waals surface area (Å²) >= 11 is 8.13. The second-order valence-electron chi connectivity index (χ2n) is 6.62. The molecule has 4 rings (SSSR count). The minimum Gasteiger partial charge on any atom is -0.503 e. The van der Waals surface area contributed by atoms with Gasteiger partial charge in [0, 0.05) is 18.0 Å². The zero-order valence-corrected chi connectivity index (χ0v) is 16.9. The Morgan fingerprint density at radius 2 is 2.19 bits per heavy atom. The van der Waals surface area contributed by atoms with Crippen LogP contribution in [0.25, 0.3) is 0 Å². The van der Waals surface area contributed by atoms with Crippen LogP contribution in [0.2, 0.25) is 5.02 Å². The molecule has 0 amide bonds. The van der Waals surface area contributed by atoms with Crippen LogP contribution in [0.4, 0.5) is 0 Å². The number of aromatic nitrogens is 1. The minimum absolute atomic E-state index is 0.0152. The lowest BCUT2D eigenvalue weighted by Crippen LogP contribution is -2.35. The summed E-state index contributed by atoms with van der Waals surface area (Å²) in [7, 11) is 0. The van der Waals surface area contributed by atoms with Crippen LogP contribution in [-0.4, -0.2) is 38.6 Å². The van der Waals surface area contributed by atoms with Crippen molar-refractivity contribution in [1.29, 1.82) is 0 Å². The van der Waals surface area contributed by atoms with Crippen molar-refractivity contribution in [3.05, 3.63) is 52.8 Å². The molecular weight excluding hydrogens is 382 g/mol. The number of phenols is 1. The predicted octanol–water partition coefficient (Wildman–Crippen LogP) is 4.82. The molecule has 0 radical (unpaired) electrons. The lowest BCUT2D eigenvalue weighted by atomic mass is 9.95. The Kier molecular flexibility index (Phi) is 5.19. The van der Waals surface area contributed by atoms with Crippen LogP contribution >= 0.6 is 23.4 Å². The van der Waals surface area contributed by atoms with Crippen molar-refractivity contribution < 1.29 is 9.84 Å². The summed E-state index contributed by atoms with van der Waals surface area (Å²) in [6.07, 6.45) is 2.84. The first-order valence-corrected chi connectivity index (χ1v) is 10.6. The average Bonchev–Trinajstić information content (AvgIpc) is 3.25. The number of nitrogens with zero attached hydrogens (tertiary/aromatic N) is 3. The molecule has 1 aromatic carbocycles. The van der Waals surface area contributed by atoms with E-state index in [-0.39, 0.29) is 17.8 Å². The van der Waals surface area contributed by atoms with Gasteiger partial charge in [0.2, 0.25) is 0 Å². The number of halogens is 1. The standard InChI is InChI=1S/C20H22ClN3O2S/c1-3-13-11-27-20-23-17(15-7-5-6-8-22-15)18(24(13)20)12-9-14(21)19(25)16(10-12)26-4-2/h5-10,13,17-18,25H,3-4,11H2,1-2H3/t13-,17+,18+/m1/s1. The number of phenolic OH excluding ortho intramolecular Hbond substituents is 1. The number of rotatable bonds is 5. The van der Waals surface area contributed by atoms with E-state index in [9.17, 15) is 5.11 Å². The molecule has 2 aliphatic rings. The fraction of sp³-hybridized carbons (Fsp3) is 0.400. The normalized spacial score (nSPS) is 24.0. The zero-order valence-electron chi connectivity index (χ0n) is 15.3. The molecule has 1 N–H and O–H groups in total. The molecule has 0 unspecified atom stereocenters. The van der Waals surface area contributed by atoms with Crippen molar-refractivity contribution in [3.8, 4) is 11.5 Å². The van der Waals surface area contributed by atoms with E-state index in [2.05, 4.69) is 16.8 Å². The van der Waals surface area contributed by atoms with Gasteiger partial charge in [0.25, 0.3) is 0 Å². The SMILES string of the molecule is CCOc1cc([C@H]2[C@H](c3ccccn3)N=C3SC[C@@H](CC)N32)cc(Cl)c1O. The fourth-order valence-corrected chi connectivity index (χ4v) is 5.30. The van der Waals surface area contributed by atoms with Crippen molar-refractivity contribution in [2.75, 3.05) is 12.4 Å². The van der Waals surface area contributed by atoms with Crippen molar-refractivity contribution in [2.24, 2.45) is 4.99 Å². The van der Waals surface area contributed by atoms with Gasteiger partial charge in [0.05, 0.1) is 23.4 Å². The number of ether oxygens (including phenoxy) is 1. The molecule has 3 heterocycles. The highest BCUT2D eigenvalue weighted by Crippen LogP contribution is 2.50. The van der Waals surface area contributed by atoms with Gasteiger partial charge >= 0.3 is 0 Å². The molecule has 3 atom stereocenters. The summed E-state index contributed by atoms with van der Waals surface area (Å²) in [5.74, 6) is 1.43. The fourth-order valence-electron chi connectivity index (χ4n) is 3.74. The summed E-state index contributed by atoms with van der Waals surface area (Å²) < 4.78 is 5.61. The van der Waals surface area contributed by atoms with Gasteiger partial charge in [-0.05, 0) is 43.2 Å². The van der Waals surface area contributed by atoms with Gasteiger partial charge in [-0.1, -0.05) is 36.4 Å². The van der Waals surface area contributed by atoms with Crippen LogP contribution in [0.1, 0.15) is 43.6 Å². The number of fused-ring (bicyclic) bond motifs is 1. The van der Waals surface area contributed by atoms with Crippen LogP contribution in [0, 0.1) is 0 Å². The Morgan fingerprint density at radius 1 is 1.33 bits per heavy atom. The second kappa shape index (κ2) is 7.60. The maximum atomic E-state index is 10.2. The Labute approximate surface area is 168 Å². The Balaban J connectivity index is 1.82. The monoisotopic (exact) mass is 403 g/mol. The molecule has 0 spiro atoms. The Hall–Kier alpha value is -1.92. The van der Waals surface area contributed by atoms with Gasteiger partial charge in [-0.15, -0.1) is 0 Å². The number of amidine groups is 1.